The van der Waals surface area contributed by atoms with Gasteiger partial charge >= 0.3 is 0 Å². The van der Waals surface area contributed by atoms with Crippen molar-refractivity contribution in [2.75, 3.05) is 18.4 Å². The molecule has 0 unspecified atom stereocenters. The maximum Gasteiger partial charge on any atom is 0.225 e. The zero-order valence-electron chi connectivity index (χ0n) is 12.2. The molecule has 0 radical (unpaired) electrons. The Bertz CT molecular complexity index is 518. The summed E-state index contributed by atoms with van der Waals surface area (Å²) in [6.45, 7) is 0.874. The van der Waals surface area contributed by atoms with Crippen molar-refractivity contribution in [1.29, 1.82) is 0 Å². The van der Waals surface area contributed by atoms with Gasteiger partial charge in [0.1, 0.15) is 0 Å². The van der Waals surface area contributed by atoms with Crippen LogP contribution in [0.25, 0.3) is 0 Å². The fraction of sp³-hybridized carbons (Fsp3) is 0.438. The Hall–Kier alpha value is -1.87. The quantitative estimate of drug-likeness (QED) is 0.443. The second kappa shape index (κ2) is 9.94. The topological polar surface area (TPSA) is 101 Å². The summed E-state index contributed by atoms with van der Waals surface area (Å²) < 4.78 is 0. The highest BCUT2D eigenvalue weighted by Gasteiger charge is 2.04. The average molecular weight is 289 g/mol. The zero-order chi connectivity index (χ0) is 15.5. The average Bonchev–Trinajstić information content (AvgIpc) is 2.48. The summed E-state index contributed by atoms with van der Waals surface area (Å²) in [6.07, 6.45) is 3.01. The standard InChI is InChI=1S/C16H23N3O2/c17-9-4-2-1-3-5-13-6-7-15(11-14(13)12-20)19-16(21)8-10-18/h6-7,11,20H,1-2,4,8-10,12,17-18H2,(H,19,21). The lowest BCUT2D eigenvalue weighted by atomic mass is 10.1. The molecule has 0 bridgehead atoms. The van der Waals surface area contributed by atoms with Gasteiger partial charge < -0.3 is 21.9 Å². The molecule has 0 aromatic heterocycles. The Balaban J connectivity index is 2.72. The van der Waals surface area contributed by atoms with E-state index in [4.69, 9.17) is 11.5 Å². The van der Waals surface area contributed by atoms with E-state index in [-0.39, 0.29) is 18.9 Å². The largest absolute Gasteiger partial charge is 0.392 e. The number of rotatable bonds is 7. The molecule has 1 amide bonds. The minimum atomic E-state index is -0.137. The number of aliphatic hydroxyl groups excluding tert-OH is 1. The van der Waals surface area contributed by atoms with E-state index in [1.807, 2.05) is 0 Å². The lowest BCUT2D eigenvalue weighted by Crippen LogP contribution is -2.16. The third-order valence-electron chi connectivity index (χ3n) is 2.91. The van der Waals surface area contributed by atoms with Gasteiger partial charge in [-0.3, -0.25) is 4.79 Å². The van der Waals surface area contributed by atoms with Crippen molar-refractivity contribution in [2.45, 2.75) is 32.3 Å². The van der Waals surface area contributed by atoms with Crippen LogP contribution in [-0.4, -0.2) is 24.1 Å². The van der Waals surface area contributed by atoms with Crippen molar-refractivity contribution in [2.24, 2.45) is 11.5 Å². The van der Waals surface area contributed by atoms with Crippen LogP contribution in [0.5, 0.6) is 0 Å². The number of amides is 1. The molecule has 21 heavy (non-hydrogen) atoms. The van der Waals surface area contributed by atoms with E-state index in [1.165, 1.54) is 0 Å². The summed E-state index contributed by atoms with van der Waals surface area (Å²) in [4.78, 5) is 11.5. The maximum atomic E-state index is 11.5. The molecule has 0 saturated heterocycles. The molecule has 1 aromatic rings. The number of anilines is 1. The summed E-state index contributed by atoms with van der Waals surface area (Å²) in [5.74, 6) is 5.98. The van der Waals surface area contributed by atoms with Gasteiger partial charge in [0.25, 0.3) is 0 Å². The monoisotopic (exact) mass is 289 g/mol. The highest BCUT2D eigenvalue weighted by atomic mass is 16.3. The second-order valence-corrected chi connectivity index (χ2v) is 4.66. The van der Waals surface area contributed by atoms with E-state index >= 15 is 0 Å². The van der Waals surface area contributed by atoms with Gasteiger partial charge in [-0.2, -0.15) is 0 Å². The predicted octanol–water partition coefficient (Wildman–Crippen LogP) is 0.947. The van der Waals surface area contributed by atoms with Gasteiger partial charge in [0.15, 0.2) is 0 Å². The van der Waals surface area contributed by atoms with Crippen molar-refractivity contribution in [3.05, 3.63) is 29.3 Å². The summed E-state index contributed by atoms with van der Waals surface area (Å²) in [5.41, 5.74) is 12.9. The first-order valence-electron chi connectivity index (χ1n) is 7.14. The lowest BCUT2D eigenvalue weighted by molar-refractivity contribution is -0.116. The van der Waals surface area contributed by atoms with E-state index in [0.29, 0.717) is 24.3 Å². The minimum absolute atomic E-state index is 0.118. The van der Waals surface area contributed by atoms with Gasteiger partial charge in [0.05, 0.1) is 6.61 Å². The van der Waals surface area contributed by atoms with E-state index in [1.54, 1.807) is 18.2 Å². The first-order chi connectivity index (χ1) is 10.2. The Morgan fingerprint density at radius 1 is 1.24 bits per heavy atom. The van der Waals surface area contributed by atoms with Crippen LogP contribution in [0, 0.1) is 11.8 Å². The van der Waals surface area contributed by atoms with Crippen LogP contribution in [0.1, 0.15) is 36.8 Å². The molecule has 0 spiro atoms. The van der Waals surface area contributed by atoms with Crippen LogP contribution >= 0.6 is 0 Å². The van der Waals surface area contributed by atoms with Crippen molar-refractivity contribution in [3.8, 4) is 11.8 Å². The molecule has 5 nitrogen and oxygen atoms in total. The minimum Gasteiger partial charge on any atom is -0.392 e. The number of aliphatic hydroxyl groups is 1. The molecule has 1 rings (SSSR count). The Morgan fingerprint density at radius 2 is 2.05 bits per heavy atom. The Morgan fingerprint density at radius 3 is 2.71 bits per heavy atom. The lowest BCUT2D eigenvalue weighted by Gasteiger charge is -2.07. The van der Waals surface area contributed by atoms with Gasteiger partial charge in [-0.15, -0.1) is 0 Å². The van der Waals surface area contributed by atoms with E-state index in [9.17, 15) is 9.90 Å². The normalized spacial score (nSPS) is 9.86. The molecule has 5 heteroatoms. The molecule has 6 N–H and O–H groups in total. The van der Waals surface area contributed by atoms with Crippen LogP contribution in [0.15, 0.2) is 18.2 Å². The van der Waals surface area contributed by atoms with Crippen LogP contribution in [0.4, 0.5) is 5.69 Å². The summed E-state index contributed by atoms with van der Waals surface area (Å²) in [7, 11) is 0. The van der Waals surface area contributed by atoms with Gasteiger partial charge in [-0.05, 0) is 43.1 Å². The van der Waals surface area contributed by atoms with Crippen molar-refractivity contribution < 1.29 is 9.90 Å². The molecule has 0 aliphatic rings. The Labute approximate surface area is 125 Å². The molecule has 0 fully saturated rings. The summed E-state index contributed by atoms with van der Waals surface area (Å²) in [5, 5.41) is 12.1. The number of unbranched alkanes of at least 4 members (excludes halogenated alkanes) is 2. The fourth-order valence-electron chi connectivity index (χ4n) is 1.79. The summed E-state index contributed by atoms with van der Waals surface area (Å²) >= 11 is 0. The number of carbonyl (C=O) groups excluding carboxylic acids is 1. The zero-order valence-corrected chi connectivity index (χ0v) is 12.2. The second-order valence-electron chi connectivity index (χ2n) is 4.66. The molecule has 0 saturated carbocycles. The van der Waals surface area contributed by atoms with Crippen molar-refractivity contribution in [3.63, 3.8) is 0 Å². The highest BCUT2D eigenvalue weighted by Crippen LogP contribution is 2.16. The number of hydrogen-bond donors (Lipinski definition) is 4. The number of nitrogens with two attached hydrogens (primary N) is 2. The number of benzene rings is 1. The third-order valence-corrected chi connectivity index (χ3v) is 2.91. The molecule has 0 atom stereocenters. The van der Waals surface area contributed by atoms with E-state index < -0.39 is 0 Å². The first kappa shape index (κ1) is 17.2. The number of carbonyl (C=O) groups is 1. The SMILES string of the molecule is NCCCCC#Cc1ccc(NC(=O)CCN)cc1CO. The first-order valence-corrected chi connectivity index (χ1v) is 7.14. The van der Waals surface area contributed by atoms with Crippen LogP contribution in [0.2, 0.25) is 0 Å². The molecule has 0 heterocycles. The Kier molecular flexibility index (Phi) is 8.14. The van der Waals surface area contributed by atoms with Crippen molar-refractivity contribution in [1.82, 2.24) is 0 Å². The fourth-order valence-corrected chi connectivity index (χ4v) is 1.79. The van der Waals surface area contributed by atoms with E-state index in [0.717, 1.165) is 24.8 Å². The van der Waals surface area contributed by atoms with Gasteiger partial charge in [-0.25, -0.2) is 0 Å². The molecular weight excluding hydrogens is 266 g/mol. The predicted molar refractivity (Wildman–Crippen MR) is 84.4 cm³/mol. The van der Waals surface area contributed by atoms with Crippen LogP contribution < -0.4 is 16.8 Å². The summed E-state index contributed by atoms with van der Waals surface area (Å²) in [6, 6.07) is 5.31. The molecule has 1 aromatic carbocycles. The molecule has 0 aliphatic heterocycles. The van der Waals surface area contributed by atoms with E-state index in [2.05, 4.69) is 17.2 Å². The number of nitrogens with one attached hydrogen (secondary N) is 1. The maximum absolute atomic E-state index is 11.5. The molecule has 114 valence electrons. The van der Waals surface area contributed by atoms with Gasteiger partial charge in [0.2, 0.25) is 5.91 Å². The molecular formula is C16H23N3O2. The molecule has 0 aliphatic carbocycles. The number of hydrogen-bond acceptors (Lipinski definition) is 4. The smallest absolute Gasteiger partial charge is 0.225 e. The van der Waals surface area contributed by atoms with Gasteiger partial charge in [-0.1, -0.05) is 11.8 Å². The third kappa shape index (κ3) is 6.41. The van der Waals surface area contributed by atoms with Crippen molar-refractivity contribution >= 4 is 11.6 Å². The highest BCUT2D eigenvalue weighted by molar-refractivity contribution is 5.91. The van der Waals surface area contributed by atoms with Crippen LogP contribution in [0.3, 0.4) is 0 Å². The van der Waals surface area contributed by atoms with Gasteiger partial charge in [0, 0.05) is 30.6 Å². The van der Waals surface area contributed by atoms with Crippen LogP contribution in [-0.2, 0) is 11.4 Å².